The van der Waals surface area contributed by atoms with Gasteiger partial charge in [-0.15, -0.1) is 0 Å². The van der Waals surface area contributed by atoms with Crippen LogP contribution in [0.25, 0.3) is 0 Å². The van der Waals surface area contributed by atoms with Crippen LogP contribution >= 0.6 is 0 Å². The van der Waals surface area contributed by atoms with Crippen molar-refractivity contribution in [2.45, 2.75) is 78.0 Å². The van der Waals surface area contributed by atoms with Crippen molar-refractivity contribution in [2.75, 3.05) is 6.61 Å². The summed E-state index contributed by atoms with van der Waals surface area (Å²) < 4.78 is 11.2. The predicted molar refractivity (Wildman–Crippen MR) is 108 cm³/mol. The fourth-order valence-electron chi connectivity index (χ4n) is 4.08. The lowest BCUT2D eigenvalue weighted by molar-refractivity contribution is -0.143. The van der Waals surface area contributed by atoms with Crippen molar-refractivity contribution in [2.24, 2.45) is 11.8 Å². The highest BCUT2D eigenvalue weighted by Gasteiger charge is 2.53. The number of nitrogens with zero attached hydrogens (tertiary/aromatic N) is 1. The van der Waals surface area contributed by atoms with Crippen LogP contribution in [0, 0.1) is 11.8 Å². The fraction of sp³-hybridized carbons (Fsp3) is 0.682. The van der Waals surface area contributed by atoms with E-state index in [2.05, 4.69) is 0 Å². The van der Waals surface area contributed by atoms with E-state index in [9.17, 15) is 14.4 Å². The molecule has 2 heterocycles. The van der Waals surface area contributed by atoms with Gasteiger partial charge in [-0.1, -0.05) is 20.3 Å². The Morgan fingerprint density at radius 1 is 1.21 bits per heavy atom. The number of carbonyl (C=O) groups excluding carboxylic acids is 3. The number of aliphatic hydroxyl groups excluding tert-OH is 1. The van der Waals surface area contributed by atoms with Gasteiger partial charge in [-0.25, -0.2) is 9.69 Å². The second kappa shape index (κ2) is 9.57. The Kier molecular flexibility index (Phi) is 7.63. The molecular weight excluding hydrogens is 374 g/mol. The van der Waals surface area contributed by atoms with E-state index in [4.69, 9.17) is 14.6 Å². The lowest BCUT2D eigenvalue weighted by atomic mass is 9.87. The van der Waals surface area contributed by atoms with E-state index in [0.717, 1.165) is 30.6 Å². The summed E-state index contributed by atoms with van der Waals surface area (Å²) in [5.41, 5.74) is -0.794. The molecular formula is C22H33NO6. The van der Waals surface area contributed by atoms with Crippen LogP contribution in [0.15, 0.2) is 24.0 Å². The largest absolute Gasteiger partial charge is 0.482 e. The summed E-state index contributed by atoms with van der Waals surface area (Å²) in [6.07, 6.45) is 6.58. The van der Waals surface area contributed by atoms with Crippen molar-refractivity contribution < 1.29 is 29.0 Å². The molecule has 2 rings (SSSR count). The molecule has 0 spiro atoms. The quantitative estimate of drug-likeness (QED) is 0.620. The maximum absolute atomic E-state index is 13.2. The van der Waals surface area contributed by atoms with Crippen molar-refractivity contribution in [1.29, 1.82) is 0 Å². The minimum absolute atomic E-state index is 0.00449. The molecule has 0 radical (unpaired) electrons. The summed E-state index contributed by atoms with van der Waals surface area (Å²) in [5, 5.41) is 8.83. The number of ketones is 1. The minimum atomic E-state index is -0.972. The maximum atomic E-state index is 13.2. The van der Waals surface area contributed by atoms with Gasteiger partial charge in [-0.3, -0.25) is 9.59 Å². The number of amides is 2. The Morgan fingerprint density at radius 2 is 1.90 bits per heavy atom. The molecule has 1 fully saturated rings. The smallest absolute Gasteiger partial charge is 0.417 e. The number of unbranched alkanes of at least 4 members (excludes halogenated alkanes) is 3. The fourth-order valence-corrected chi connectivity index (χ4v) is 4.08. The molecule has 2 aliphatic rings. The van der Waals surface area contributed by atoms with E-state index < -0.39 is 35.7 Å². The third kappa shape index (κ3) is 5.26. The second-order valence-electron chi connectivity index (χ2n) is 8.61. The van der Waals surface area contributed by atoms with Crippen LogP contribution in [0.2, 0.25) is 0 Å². The SMILES string of the molecule is CC(C)[C@H]1N(C(=O)[C@H](C)[C@@H]2OC(=CCCCCCO)C=CC2=O)C(=O)OC1(C)C. The number of cyclic esters (lactones) is 1. The summed E-state index contributed by atoms with van der Waals surface area (Å²) in [4.78, 5) is 39.1. The van der Waals surface area contributed by atoms with E-state index in [1.165, 1.54) is 6.08 Å². The van der Waals surface area contributed by atoms with Gasteiger partial charge in [0.1, 0.15) is 11.4 Å². The first-order valence-corrected chi connectivity index (χ1v) is 10.4. The topological polar surface area (TPSA) is 93.1 Å². The van der Waals surface area contributed by atoms with Crippen molar-refractivity contribution in [3.05, 3.63) is 24.0 Å². The molecule has 29 heavy (non-hydrogen) atoms. The van der Waals surface area contributed by atoms with Crippen molar-refractivity contribution >= 4 is 17.8 Å². The van der Waals surface area contributed by atoms with E-state index in [0.29, 0.717) is 5.76 Å². The predicted octanol–water partition coefficient (Wildman–Crippen LogP) is 3.37. The summed E-state index contributed by atoms with van der Waals surface area (Å²) >= 11 is 0. The number of allylic oxidation sites excluding steroid dienone is 2. The Bertz CT molecular complexity index is 693. The average Bonchev–Trinajstić information content (AvgIpc) is 2.90. The highest BCUT2D eigenvalue weighted by Crippen LogP contribution is 2.36. The highest BCUT2D eigenvalue weighted by atomic mass is 16.6. The van der Waals surface area contributed by atoms with Crippen molar-refractivity contribution in [3.8, 4) is 0 Å². The van der Waals surface area contributed by atoms with Gasteiger partial charge < -0.3 is 14.6 Å². The van der Waals surface area contributed by atoms with Crippen LogP contribution < -0.4 is 0 Å². The summed E-state index contributed by atoms with van der Waals surface area (Å²) in [6, 6.07) is -0.416. The number of hydrogen-bond donors (Lipinski definition) is 1. The van der Waals surface area contributed by atoms with Crippen LogP contribution in [0.1, 0.15) is 60.3 Å². The van der Waals surface area contributed by atoms with Crippen molar-refractivity contribution in [3.63, 3.8) is 0 Å². The molecule has 0 aromatic carbocycles. The number of imide groups is 1. The molecule has 0 saturated carbocycles. The van der Waals surface area contributed by atoms with Crippen LogP contribution in [-0.4, -0.2) is 52.1 Å². The molecule has 0 unspecified atom stereocenters. The molecule has 0 aromatic heterocycles. The maximum Gasteiger partial charge on any atom is 0.417 e. The normalized spacial score (nSPS) is 26.0. The molecule has 1 saturated heterocycles. The first-order valence-electron chi connectivity index (χ1n) is 10.4. The monoisotopic (exact) mass is 407 g/mol. The highest BCUT2D eigenvalue weighted by molar-refractivity contribution is 6.02. The van der Waals surface area contributed by atoms with Gasteiger partial charge in [0, 0.05) is 6.61 Å². The van der Waals surface area contributed by atoms with Crippen LogP contribution in [0.5, 0.6) is 0 Å². The van der Waals surface area contributed by atoms with Gasteiger partial charge in [0.05, 0.1) is 12.0 Å². The average molecular weight is 408 g/mol. The molecule has 3 atom stereocenters. The molecule has 0 bridgehead atoms. The Balaban J connectivity index is 2.11. The van der Waals surface area contributed by atoms with E-state index >= 15 is 0 Å². The molecule has 0 aromatic rings. The van der Waals surface area contributed by atoms with Gasteiger partial charge in [0.2, 0.25) is 5.91 Å². The number of rotatable bonds is 8. The Morgan fingerprint density at radius 3 is 2.52 bits per heavy atom. The zero-order chi connectivity index (χ0) is 21.8. The minimum Gasteiger partial charge on any atom is -0.482 e. The third-order valence-corrected chi connectivity index (χ3v) is 5.41. The lowest BCUT2D eigenvalue weighted by Gasteiger charge is -2.33. The van der Waals surface area contributed by atoms with Gasteiger partial charge in [-0.05, 0) is 64.2 Å². The van der Waals surface area contributed by atoms with Crippen LogP contribution in [0.4, 0.5) is 4.79 Å². The summed E-state index contributed by atoms with van der Waals surface area (Å²) in [6.45, 7) is 9.23. The third-order valence-electron chi connectivity index (χ3n) is 5.41. The molecule has 0 aliphatic carbocycles. The van der Waals surface area contributed by atoms with Crippen molar-refractivity contribution in [1.82, 2.24) is 4.90 Å². The zero-order valence-electron chi connectivity index (χ0n) is 18.0. The standard InChI is InChI=1S/C22H33NO6/c1-14(2)19-22(4,5)29-21(27)23(19)20(26)15(3)18-17(25)12-11-16(28-18)10-8-6-7-9-13-24/h10-12,14-15,18-19,24H,6-9,13H2,1-5H3/t15-,18+,19-/m1/s1. The molecule has 7 heteroatoms. The summed E-state index contributed by atoms with van der Waals surface area (Å²) in [5.74, 6) is -1.04. The van der Waals surface area contributed by atoms with E-state index in [1.807, 2.05) is 19.9 Å². The van der Waals surface area contributed by atoms with Gasteiger partial charge in [-0.2, -0.15) is 0 Å². The Labute approximate surface area is 172 Å². The Hall–Kier alpha value is -2.15. The van der Waals surface area contributed by atoms with Gasteiger partial charge in [0.25, 0.3) is 0 Å². The number of carbonyl (C=O) groups is 3. The number of ether oxygens (including phenoxy) is 2. The number of hydrogen-bond acceptors (Lipinski definition) is 6. The zero-order valence-corrected chi connectivity index (χ0v) is 18.0. The first-order chi connectivity index (χ1) is 13.6. The lowest BCUT2D eigenvalue weighted by Crippen LogP contribution is -2.52. The first kappa shape index (κ1) is 23.1. The van der Waals surface area contributed by atoms with Crippen LogP contribution in [0.3, 0.4) is 0 Å². The second-order valence-corrected chi connectivity index (χ2v) is 8.61. The summed E-state index contributed by atoms with van der Waals surface area (Å²) in [7, 11) is 0. The van der Waals surface area contributed by atoms with E-state index in [1.54, 1.807) is 26.8 Å². The van der Waals surface area contributed by atoms with Crippen LogP contribution in [-0.2, 0) is 19.1 Å². The van der Waals surface area contributed by atoms with Gasteiger partial charge in [0.15, 0.2) is 11.9 Å². The molecule has 2 aliphatic heterocycles. The number of aliphatic hydroxyl groups is 1. The molecule has 2 amide bonds. The molecule has 162 valence electrons. The molecule has 7 nitrogen and oxygen atoms in total. The molecule has 1 N–H and O–H groups in total. The van der Waals surface area contributed by atoms with E-state index in [-0.39, 0.29) is 18.3 Å². The van der Waals surface area contributed by atoms with Gasteiger partial charge >= 0.3 is 6.09 Å².